The van der Waals surface area contributed by atoms with Gasteiger partial charge in [-0.25, -0.2) is 0 Å². The van der Waals surface area contributed by atoms with Crippen LogP contribution in [-0.4, -0.2) is 17.5 Å². The fourth-order valence-electron chi connectivity index (χ4n) is 2.77. The second-order valence-corrected chi connectivity index (χ2v) is 4.92. The number of aliphatic hydroxyl groups is 1. The smallest absolute Gasteiger partial charge is 0.140 e. The van der Waals surface area contributed by atoms with Gasteiger partial charge in [0.2, 0.25) is 0 Å². The van der Waals surface area contributed by atoms with Gasteiger partial charge in [0.1, 0.15) is 5.78 Å². The van der Waals surface area contributed by atoms with Gasteiger partial charge in [-0.2, -0.15) is 0 Å². The SMILES string of the molecule is CC1(C)C[C@H]2C=C(CO)[C@@H]1CC2=O. The third-order valence-electron chi connectivity index (χ3n) is 3.55. The minimum Gasteiger partial charge on any atom is -0.392 e. The Morgan fingerprint density at radius 3 is 2.85 bits per heavy atom. The van der Waals surface area contributed by atoms with Crippen LogP contribution in [0.1, 0.15) is 26.7 Å². The van der Waals surface area contributed by atoms with Crippen LogP contribution in [-0.2, 0) is 4.79 Å². The third-order valence-corrected chi connectivity index (χ3v) is 3.55. The van der Waals surface area contributed by atoms with Gasteiger partial charge in [-0.15, -0.1) is 0 Å². The minimum atomic E-state index is 0.0853. The summed E-state index contributed by atoms with van der Waals surface area (Å²) in [6.45, 7) is 4.51. The monoisotopic (exact) mass is 180 g/mol. The van der Waals surface area contributed by atoms with Gasteiger partial charge in [0, 0.05) is 12.3 Å². The highest BCUT2D eigenvalue weighted by Gasteiger charge is 2.45. The maximum absolute atomic E-state index is 11.5. The van der Waals surface area contributed by atoms with E-state index in [1.165, 1.54) is 0 Å². The molecule has 1 N–H and O–H groups in total. The summed E-state index contributed by atoms with van der Waals surface area (Å²) in [5.41, 5.74) is 1.28. The summed E-state index contributed by atoms with van der Waals surface area (Å²) in [6.07, 6.45) is 3.59. The number of allylic oxidation sites excluding steroid dienone is 1. The molecule has 0 aliphatic heterocycles. The van der Waals surface area contributed by atoms with Crippen LogP contribution in [0.3, 0.4) is 0 Å². The van der Waals surface area contributed by atoms with Crippen molar-refractivity contribution in [3.05, 3.63) is 11.6 Å². The molecule has 0 radical (unpaired) electrons. The molecule has 0 unspecified atom stereocenters. The quantitative estimate of drug-likeness (QED) is 0.621. The minimum absolute atomic E-state index is 0.0853. The van der Waals surface area contributed by atoms with Gasteiger partial charge in [0.15, 0.2) is 0 Å². The van der Waals surface area contributed by atoms with Gasteiger partial charge in [0.25, 0.3) is 0 Å². The number of hydrogen-bond donors (Lipinski definition) is 1. The highest BCUT2D eigenvalue weighted by molar-refractivity contribution is 5.86. The number of ketones is 1. The van der Waals surface area contributed by atoms with E-state index in [4.69, 9.17) is 5.11 Å². The molecule has 3 aliphatic carbocycles. The molecule has 2 atom stereocenters. The van der Waals surface area contributed by atoms with Gasteiger partial charge >= 0.3 is 0 Å². The summed E-state index contributed by atoms with van der Waals surface area (Å²) in [4.78, 5) is 11.5. The number of rotatable bonds is 1. The molecule has 0 spiro atoms. The number of carbonyl (C=O) groups excluding carboxylic acids is 1. The topological polar surface area (TPSA) is 37.3 Å². The molecule has 2 bridgehead atoms. The molecule has 0 saturated heterocycles. The molecule has 1 saturated carbocycles. The molecule has 1 fully saturated rings. The summed E-state index contributed by atoms with van der Waals surface area (Å²) in [5, 5.41) is 9.15. The first-order valence-corrected chi connectivity index (χ1v) is 4.89. The van der Waals surface area contributed by atoms with Gasteiger partial charge in [0.05, 0.1) is 6.61 Å². The molecule has 72 valence electrons. The maximum atomic E-state index is 11.5. The average Bonchev–Trinajstić information content (AvgIpc) is 2.06. The molecule has 0 heterocycles. The van der Waals surface area contributed by atoms with E-state index >= 15 is 0 Å². The van der Waals surface area contributed by atoms with Gasteiger partial charge in [-0.05, 0) is 23.3 Å². The lowest BCUT2D eigenvalue weighted by atomic mass is 9.58. The third kappa shape index (κ3) is 1.24. The van der Waals surface area contributed by atoms with Gasteiger partial charge in [-0.1, -0.05) is 19.9 Å². The van der Waals surface area contributed by atoms with Crippen LogP contribution >= 0.6 is 0 Å². The zero-order valence-corrected chi connectivity index (χ0v) is 8.21. The van der Waals surface area contributed by atoms with E-state index in [9.17, 15) is 4.79 Å². The number of carbonyl (C=O) groups is 1. The molecule has 2 nitrogen and oxygen atoms in total. The Hall–Kier alpha value is -0.630. The van der Waals surface area contributed by atoms with E-state index in [2.05, 4.69) is 13.8 Å². The lowest BCUT2D eigenvalue weighted by Gasteiger charge is -2.46. The second kappa shape index (κ2) is 2.68. The fourth-order valence-corrected chi connectivity index (χ4v) is 2.77. The molecule has 0 aromatic carbocycles. The first-order chi connectivity index (χ1) is 6.04. The van der Waals surface area contributed by atoms with Crippen molar-refractivity contribution in [2.24, 2.45) is 17.3 Å². The van der Waals surface area contributed by atoms with E-state index < -0.39 is 0 Å². The van der Waals surface area contributed by atoms with E-state index in [0.29, 0.717) is 12.2 Å². The van der Waals surface area contributed by atoms with Crippen molar-refractivity contribution in [3.8, 4) is 0 Å². The van der Waals surface area contributed by atoms with E-state index in [-0.39, 0.29) is 23.9 Å². The molecule has 2 heteroatoms. The number of Topliss-reactive ketones (excluding diaryl/α,β-unsaturated/α-hetero) is 1. The molecule has 3 aliphatic rings. The number of aliphatic hydroxyl groups excluding tert-OH is 1. The number of fused-ring (bicyclic) bond motifs is 2. The van der Waals surface area contributed by atoms with Crippen LogP contribution in [0, 0.1) is 17.3 Å². The van der Waals surface area contributed by atoms with Crippen LogP contribution in [0.5, 0.6) is 0 Å². The van der Waals surface area contributed by atoms with Crippen molar-refractivity contribution in [1.29, 1.82) is 0 Å². The first-order valence-electron chi connectivity index (χ1n) is 4.89. The second-order valence-electron chi connectivity index (χ2n) is 4.92. The van der Waals surface area contributed by atoms with Gasteiger partial charge in [-0.3, -0.25) is 4.79 Å². The molecule has 0 aromatic rings. The highest BCUT2D eigenvalue weighted by Crippen LogP contribution is 2.49. The summed E-state index contributed by atoms with van der Waals surface area (Å²) >= 11 is 0. The van der Waals surface area contributed by atoms with Crippen molar-refractivity contribution in [2.45, 2.75) is 26.7 Å². The summed E-state index contributed by atoms with van der Waals surface area (Å²) in [7, 11) is 0. The van der Waals surface area contributed by atoms with Crippen LogP contribution in [0.2, 0.25) is 0 Å². The Morgan fingerprint density at radius 1 is 1.62 bits per heavy atom. The summed E-state index contributed by atoms with van der Waals surface area (Å²) in [6, 6.07) is 0. The Labute approximate surface area is 78.6 Å². The molecular weight excluding hydrogens is 164 g/mol. The predicted molar refractivity (Wildman–Crippen MR) is 50.2 cm³/mol. The van der Waals surface area contributed by atoms with Crippen molar-refractivity contribution < 1.29 is 9.90 Å². The molecular formula is C11H16O2. The van der Waals surface area contributed by atoms with Crippen molar-refractivity contribution in [3.63, 3.8) is 0 Å². The Balaban J connectivity index is 2.37. The predicted octanol–water partition coefficient (Wildman–Crippen LogP) is 1.54. The van der Waals surface area contributed by atoms with Crippen LogP contribution in [0.4, 0.5) is 0 Å². The molecule has 3 rings (SSSR count). The van der Waals surface area contributed by atoms with Crippen LogP contribution in [0.15, 0.2) is 11.6 Å². The van der Waals surface area contributed by atoms with Crippen molar-refractivity contribution >= 4 is 5.78 Å². The normalized spacial score (nSPS) is 36.2. The maximum Gasteiger partial charge on any atom is 0.140 e. The summed E-state index contributed by atoms with van der Waals surface area (Å²) in [5.74, 6) is 0.735. The zero-order chi connectivity index (χ0) is 9.64. The zero-order valence-electron chi connectivity index (χ0n) is 8.21. The largest absolute Gasteiger partial charge is 0.392 e. The van der Waals surface area contributed by atoms with Crippen molar-refractivity contribution in [1.82, 2.24) is 0 Å². The number of hydrogen-bond acceptors (Lipinski definition) is 2. The lowest BCUT2D eigenvalue weighted by Crippen LogP contribution is -2.43. The van der Waals surface area contributed by atoms with E-state index in [1.807, 2.05) is 6.08 Å². The van der Waals surface area contributed by atoms with E-state index in [0.717, 1.165) is 12.0 Å². The van der Waals surface area contributed by atoms with E-state index in [1.54, 1.807) is 0 Å². The Kier molecular flexibility index (Phi) is 1.84. The standard InChI is InChI=1S/C11H16O2/c1-11(2)5-7-3-8(6-12)9(11)4-10(7)13/h3,7,9,12H,4-6H2,1-2H3/t7-,9+/m1/s1. The lowest BCUT2D eigenvalue weighted by molar-refractivity contribution is -0.128. The first kappa shape index (κ1) is 8.95. The molecule has 0 aromatic heterocycles. The van der Waals surface area contributed by atoms with Crippen LogP contribution in [0.25, 0.3) is 0 Å². The van der Waals surface area contributed by atoms with Gasteiger partial charge < -0.3 is 5.11 Å². The average molecular weight is 180 g/mol. The summed E-state index contributed by atoms with van der Waals surface area (Å²) < 4.78 is 0. The highest BCUT2D eigenvalue weighted by atomic mass is 16.3. The fraction of sp³-hybridized carbons (Fsp3) is 0.727. The van der Waals surface area contributed by atoms with Crippen molar-refractivity contribution in [2.75, 3.05) is 6.61 Å². The Bertz CT molecular complexity index is 276. The Morgan fingerprint density at radius 2 is 2.31 bits per heavy atom. The molecule has 13 heavy (non-hydrogen) atoms. The van der Waals surface area contributed by atoms with Crippen LogP contribution < -0.4 is 0 Å². The molecule has 0 amide bonds.